The van der Waals surface area contributed by atoms with Gasteiger partial charge in [0.05, 0.1) is 31.9 Å². The maximum atomic E-state index is 15.6. The fraction of sp³-hybridized carbons (Fsp3) is 0.303. The van der Waals surface area contributed by atoms with Crippen LogP contribution in [-0.2, 0) is 11.4 Å². The van der Waals surface area contributed by atoms with Crippen LogP contribution >= 0.6 is 0 Å². The van der Waals surface area contributed by atoms with E-state index in [1.807, 2.05) is 30.3 Å². The average Bonchev–Trinajstić information content (AvgIpc) is 3.82. The third-order valence-corrected chi connectivity index (χ3v) is 7.99. The standard InChI is InChI=1S/C33H31F2N5O6/c1-44-28-10-20(25(34)12-29(28)45-2)18-46-38-27-17-39(15-21(27)14-36-13-19-6-4-3-5-7-19)32-26(35)11-23-30(41)24(33(42)43)16-40(22-8-9-22)31(23)37-32/h3-7,10-13,16,21-22H,8-9,14-15,17-18H2,1-2H3,(H,42,43)/b36-13?,38-27+. The Bertz CT molecular complexity index is 1910. The molecule has 11 nitrogen and oxygen atoms in total. The van der Waals surface area contributed by atoms with Gasteiger partial charge in [0.2, 0.25) is 5.43 Å². The number of halogens is 2. The first-order chi connectivity index (χ1) is 22.3. The third-order valence-electron chi connectivity index (χ3n) is 7.99. The molecule has 2 fully saturated rings. The number of benzene rings is 2. The fourth-order valence-electron chi connectivity index (χ4n) is 5.45. The van der Waals surface area contributed by atoms with Crippen molar-refractivity contribution in [3.63, 3.8) is 0 Å². The minimum Gasteiger partial charge on any atom is -0.493 e. The number of carbonyl (C=O) groups is 1. The number of aromatic carboxylic acids is 1. The number of aromatic nitrogens is 2. The van der Waals surface area contributed by atoms with E-state index < -0.39 is 28.6 Å². The zero-order valence-corrected chi connectivity index (χ0v) is 25.2. The highest BCUT2D eigenvalue weighted by molar-refractivity contribution is 5.95. The van der Waals surface area contributed by atoms with Gasteiger partial charge in [0.1, 0.15) is 23.6 Å². The highest BCUT2D eigenvalue weighted by atomic mass is 19.1. The summed E-state index contributed by atoms with van der Waals surface area (Å²) in [5.74, 6) is -2.41. The Morgan fingerprint density at radius 2 is 1.83 bits per heavy atom. The molecular formula is C33H31F2N5O6. The quantitative estimate of drug-likeness (QED) is 0.184. The molecule has 1 atom stereocenters. The number of pyridine rings is 2. The van der Waals surface area contributed by atoms with Crippen molar-refractivity contribution in [2.45, 2.75) is 25.5 Å². The molecule has 1 saturated heterocycles. The van der Waals surface area contributed by atoms with E-state index in [4.69, 9.17) is 14.3 Å². The molecular weight excluding hydrogens is 600 g/mol. The van der Waals surface area contributed by atoms with E-state index in [9.17, 15) is 19.1 Å². The number of carboxylic acid groups (broad SMARTS) is 1. The van der Waals surface area contributed by atoms with Gasteiger partial charge in [-0.1, -0.05) is 35.5 Å². The van der Waals surface area contributed by atoms with Crippen molar-refractivity contribution in [3.05, 3.63) is 93.3 Å². The van der Waals surface area contributed by atoms with Crippen LogP contribution in [0.15, 0.2) is 69.7 Å². The van der Waals surface area contributed by atoms with E-state index in [1.165, 1.54) is 32.5 Å². The molecule has 1 unspecified atom stereocenters. The molecule has 13 heteroatoms. The molecule has 2 aliphatic rings. The van der Waals surface area contributed by atoms with Crippen molar-refractivity contribution in [2.24, 2.45) is 16.1 Å². The first-order valence-corrected chi connectivity index (χ1v) is 14.6. The van der Waals surface area contributed by atoms with Crippen LogP contribution in [0.25, 0.3) is 11.0 Å². The zero-order chi connectivity index (χ0) is 32.4. The first-order valence-electron chi connectivity index (χ1n) is 14.6. The molecule has 6 rings (SSSR count). The van der Waals surface area contributed by atoms with Crippen LogP contribution in [0.4, 0.5) is 14.6 Å². The summed E-state index contributed by atoms with van der Waals surface area (Å²) in [5, 5.41) is 13.8. The normalized spacial score (nSPS) is 17.3. The van der Waals surface area contributed by atoms with Crippen molar-refractivity contribution < 1.29 is 33.0 Å². The van der Waals surface area contributed by atoms with Gasteiger partial charge in [-0.3, -0.25) is 9.79 Å². The molecule has 0 radical (unpaired) electrons. The van der Waals surface area contributed by atoms with Crippen LogP contribution in [0, 0.1) is 17.6 Å². The lowest BCUT2D eigenvalue weighted by Gasteiger charge is -2.19. The van der Waals surface area contributed by atoms with Gasteiger partial charge < -0.3 is 28.9 Å². The topological polar surface area (TPSA) is 128 Å². The fourth-order valence-corrected chi connectivity index (χ4v) is 5.45. The molecule has 1 saturated carbocycles. The zero-order valence-electron chi connectivity index (χ0n) is 25.2. The Morgan fingerprint density at radius 3 is 2.52 bits per heavy atom. The van der Waals surface area contributed by atoms with Crippen molar-refractivity contribution in [3.8, 4) is 11.5 Å². The number of carboxylic acids is 1. The molecule has 1 aliphatic carbocycles. The molecule has 3 heterocycles. The second-order valence-electron chi connectivity index (χ2n) is 11.1. The van der Waals surface area contributed by atoms with Gasteiger partial charge in [0.15, 0.2) is 23.1 Å². The van der Waals surface area contributed by atoms with Crippen LogP contribution in [0.3, 0.4) is 0 Å². The number of rotatable bonds is 11. The number of ether oxygens (including phenoxy) is 2. The predicted molar refractivity (Wildman–Crippen MR) is 168 cm³/mol. The average molecular weight is 632 g/mol. The lowest BCUT2D eigenvalue weighted by molar-refractivity contribution is 0.0694. The predicted octanol–water partition coefficient (Wildman–Crippen LogP) is 4.85. The Kier molecular flexibility index (Phi) is 8.64. The number of methoxy groups -OCH3 is 2. The maximum absolute atomic E-state index is 15.6. The van der Waals surface area contributed by atoms with Gasteiger partial charge in [0.25, 0.3) is 0 Å². The second kappa shape index (κ2) is 13.0. The largest absolute Gasteiger partial charge is 0.493 e. The molecule has 4 aromatic rings. The number of aliphatic imine (C=N–C) groups is 1. The third kappa shape index (κ3) is 6.25. The molecule has 2 aromatic carbocycles. The van der Waals surface area contributed by atoms with Crippen LogP contribution in [0.1, 0.15) is 40.4 Å². The number of hydrogen-bond donors (Lipinski definition) is 1. The Labute approximate surface area is 262 Å². The Morgan fingerprint density at radius 1 is 1.09 bits per heavy atom. The van der Waals surface area contributed by atoms with E-state index >= 15 is 4.39 Å². The summed E-state index contributed by atoms with van der Waals surface area (Å²) in [5.41, 5.74) is 0.674. The van der Waals surface area contributed by atoms with Gasteiger partial charge >= 0.3 is 5.97 Å². The Hall–Kier alpha value is -5.33. The minimum atomic E-state index is -1.38. The van der Waals surface area contributed by atoms with E-state index in [2.05, 4.69) is 15.1 Å². The summed E-state index contributed by atoms with van der Waals surface area (Å²) < 4.78 is 42.4. The van der Waals surface area contributed by atoms with E-state index in [0.717, 1.165) is 24.5 Å². The number of anilines is 1. The Balaban J connectivity index is 1.31. The van der Waals surface area contributed by atoms with E-state index in [0.29, 0.717) is 18.0 Å². The molecule has 1 aliphatic heterocycles. The minimum absolute atomic E-state index is 0.00227. The first kappa shape index (κ1) is 30.7. The van der Waals surface area contributed by atoms with Gasteiger partial charge in [-0.15, -0.1) is 0 Å². The van der Waals surface area contributed by atoms with Gasteiger partial charge in [-0.25, -0.2) is 18.6 Å². The number of hydrogen-bond acceptors (Lipinski definition) is 9. The highest BCUT2D eigenvalue weighted by Gasteiger charge is 2.34. The molecule has 0 bridgehead atoms. The number of fused-ring (bicyclic) bond motifs is 1. The van der Waals surface area contributed by atoms with Crippen LogP contribution < -0.4 is 19.8 Å². The summed E-state index contributed by atoms with van der Waals surface area (Å²) in [6.45, 7) is 0.533. The van der Waals surface area contributed by atoms with Gasteiger partial charge in [-0.05, 0) is 30.5 Å². The molecule has 1 N–H and O–H groups in total. The van der Waals surface area contributed by atoms with Crippen LogP contribution in [0.2, 0.25) is 0 Å². The summed E-state index contributed by atoms with van der Waals surface area (Å²) in [4.78, 5) is 41.1. The smallest absolute Gasteiger partial charge is 0.341 e. The van der Waals surface area contributed by atoms with Crippen molar-refractivity contribution in [1.29, 1.82) is 0 Å². The van der Waals surface area contributed by atoms with Crippen molar-refractivity contribution in [2.75, 3.05) is 38.8 Å². The lowest BCUT2D eigenvalue weighted by Crippen LogP contribution is -2.25. The second-order valence-corrected chi connectivity index (χ2v) is 11.1. The SMILES string of the molecule is COc1cc(F)c(CO/N=C2\CN(c3nc4c(cc3F)c(=O)c(C(=O)O)cn4C3CC3)CC2CN=Cc2ccccc2)cc1OC. The number of oxime groups is 1. The van der Waals surface area contributed by atoms with Crippen LogP contribution in [0.5, 0.6) is 11.5 Å². The van der Waals surface area contributed by atoms with Gasteiger partial charge in [-0.2, -0.15) is 0 Å². The summed E-state index contributed by atoms with van der Waals surface area (Å²) in [7, 11) is 2.86. The number of nitrogens with zero attached hydrogens (tertiary/aromatic N) is 5. The monoisotopic (exact) mass is 631 g/mol. The molecule has 238 valence electrons. The maximum Gasteiger partial charge on any atom is 0.341 e. The lowest BCUT2D eigenvalue weighted by atomic mass is 10.1. The molecule has 2 aromatic heterocycles. The van der Waals surface area contributed by atoms with Crippen molar-refractivity contribution in [1.82, 2.24) is 9.55 Å². The molecule has 0 amide bonds. The molecule has 0 spiro atoms. The van der Waals surface area contributed by atoms with Crippen molar-refractivity contribution >= 4 is 34.7 Å². The summed E-state index contributed by atoms with van der Waals surface area (Å²) >= 11 is 0. The van der Waals surface area contributed by atoms with Crippen LogP contribution in [-0.4, -0.2) is 66.4 Å². The van der Waals surface area contributed by atoms with E-state index in [1.54, 1.807) is 15.7 Å². The summed E-state index contributed by atoms with van der Waals surface area (Å²) in [6, 6.07) is 13.3. The summed E-state index contributed by atoms with van der Waals surface area (Å²) in [6.07, 6.45) is 4.62. The van der Waals surface area contributed by atoms with Gasteiger partial charge in [0, 0.05) is 49.1 Å². The highest BCUT2D eigenvalue weighted by Crippen LogP contribution is 2.37. The molecule has 46 heavy (non-hydrogen) atoms. The van der Waals surface area contributed by atoms with E-state index in [-0.39, 0.29) is 59.8 Å².